The topological polar surface area (TPSA) is 94.3 Å². The molecular weight excluding hydrogens is 262 g/mol. The fourth-order valence-electron chi connectivity index (χ4n) is 1.55. The van der Waals surface area contributed by atoms with E-state index in [2.05, 4.69) is 0 Å². The number of nitrogens with two attached hydrogens (primary N) is 1. The Bertz CT molecular complexity index is 693. The third-order valence-electron chi connectivity index (χ3n) is 2.79. The Labute approximate surface area is 100.0 Å². The molecule has 0 radical (unpaired) electrons. The van der Waals surface area contributed by atoms with E-state index < -0.39 is 24.6 Å². The molecular formula is C10H11NO4S2. The first-order chi connectivity index (χ1) is 7.66. The molecule has 92 valence electrons. The number of sulfonamides is 1. The normalized spacial score (nSPS) is 30.5. The van der Waals surface area contributed by atoms with Gasteiger partial charge in [0.1, 0.15) is 4.75 Å². The molecule has 7 heteroatoms. The summed E-state index contributed by atoms with van der Waals surface area (Å²) in [7, 11) is -7.28. The van der Waals surface area contributed by atoms with Gasteiger partial charge >= 0.3 is 0 Å². The summed E-state index contributed by atoms with van der Waals surface area (Å²) in [5, 5.41) is 6.20. The van der Waals surface area contributed by atoms with E-state index in [0.717, 1.165) is 5.41 Å². The summed E-state index contributed by atoms with van der Waals surface area (Å²) in [6.07, 6.45) is 6.84. The molecule has 0 bridgehead atoms. The SMILES string of the molecule is CC1(S(N)(=O)=O)C=CC2=C(C=C1)S(=O)(=O)C=C2. The monoisotopic (exact) mass is 273 g/mol. The Balaban J connectivity index is 2.60. The molecule has 1 heterocycles. The highest BCUT2D eigenvalue weighted by Crippen LogP contribution is 2.31. The Morgan fingerprint density at radius 3 is 2.35 bits per heavy atom. The van der Waals surface area contributed by atoms with Gasteiger partial charge < -0.3 is 0 Å². The summed E-state index contributed by atoms with van der Waals surface area (Å²) in [5.74, 6) is 0. The van der Waals surface area contributed by atoms with Crippen LogP contribution in [0.25, 0.3) is 0 Å². The Morgan fingerprint density at radius 2 is 1.76 bits per heavy atom. The second kappa shape index (κ2) is 3.41. The highest BCUT2D eigenvalue weighted by atomic mass is 32.2. The molecule has 1 atom stereocenters. The van der Waals surface area contributed by atoms with Gasteiger partial charge in [-0.2, -0.15) is 0 Å². The number of allylic oxidation sites excluding steroid dienone is 4. The van der Waals surface area contributed by atoms with E-state index in [-0.39, 0.29) is 4.91 Å². The molecule has 0 saturated heterocycles. The van der Waals surface area contributed by atoms with Crippen LogP contribution in [0.2, 0.25) is 0 Å². The molecule has 0 spiro atoms. The predicted octanol–water partition coefficient (Wildman–Crippen LogP) is 0.356. The average molecular weight is 273 g/mol. The highest BCUT2D eigenvalue weighted by Gasteiger charge is 2.34. The van der Waals surface area contributed by atoms with E-state index in [9.17, 15) is 16.8 Å². The summed E-state index contributed by atoms with van der Waals surface area (Å²) >= 11 is 0. The largest absolute Gasteiger partial charge is 0.228 e. The van der Waals surface area contributed by atoms with Crippen molar-refractivity contribution in [1.82, 2.24) is 0 Å². The molecule has 0 aromatic carbocycles. The van der Waals surface area contributed by atoms with E-state index in [0.29, 0.717) is 5.57 Å². The van der Waals surface area contributed by atoms with Crippen molar-refractivity contribution in [1.29, 1.82) is 0 Å². The standard InChI is InChI=1S/C10H11NO4S2/c1-10(17(11,14)15)5-2-8-4-7-16(12,13)9(8)3-6-10/h2-7H,1H3,(H2,11,14,15). The van der Waals surface area contributed by atoms with E-state index in [1.54, 1.807) is 0 Å². The molecule has 2 rings (SSSR count). The van der Waals surface area contributed by atoms with Crippen LogP contribution in [0.4, 0.5) is 0 Å². The molecule has 0 fully saturated rings. The minimum Gasteiger partial charge on any atom is -0.228 e. The summed E-state index contributed by atoms with van der Waals surface area (Å²) in [6, 6.07) is 0. The third-order valence-corrected chi connectivity index (χ3v) is 5.77. The van der Waals surface area contributed by atoms with E-state index in [1.807, 2.05) is 0 Å². The molecule has 0 amide bonds. The van der Waals surface area contributed by atoms with Crippen LogP contribution in [-0.2, 0) is 19.9 Å². The van der Waals surface area contributed by atoms with Crippen molar-refractivity contribution in [2.24, 2.45) is 5.14 Å². The first-order valence-corrected chi connectivity index (χ1v) is 7.83. The van der Waals surface area contributed by atoms with Crippen LogP contribution in [-0.4, -0.2) is 21.6 Å². The molecule has 0 aromatic rings. The Kier molecular flexibility index (Phi) is 2.46. The molecule has 1 aliphatic heterocycles. The maximum Gasteiger partial charge on any atom is 0.221 e. The summed E-state index contributed by atoms with van der Waals surface area (Å²) in [6.45, 7) is 1.41. The zero-order valence-electron chi connectivity index (χ0n) is 8.99. The van der Waals surface area contributed by atoms with Crippen LogP contribution < -0.4 is 5.14 Å². The highest BCUT2D eigenvalue weighted by molar-refractivity contribution is 7.98. The molecule has 0 aromatic heterocycles. The predicted molar refractivity (Wildman–Crippen MR) is 64.9 cm³/mol. The van der Waals surface area contributed by atoms with Gasteiger partial charge in [-0.05, 0) is 24.6 Å². The number of sulfone groups is 1. The van der Waals surface area contributed by atoms with Crippen molar-refractivity contribution in [2.45, 2.75) is 11.7 Å². The van der Waals surface area contributed by atoms with Gasteiger partial charge in [0.05, 0.1) is 4.91 Å². The number of hydrogen-bond donors (Lipinski definition) is 1. The lowest BCUT2D eigenvalue weighted by Gasteiger charge is -2.17. The summed E-state index contributed by atoms with van der Waals surface area (Å²) in [5.41, 5.74) is 0.466. The smallest absolute Gasteiger partial charge is 0.221 e. The second-order valence-electron chi connectivity index (χ2n) is 4.06. The molecule has 1 aliphatic carbocycles. The van der Waals surface area contributed by atoms with Crippen molar-refractivity contribution in [3.8, 4) is 0 Å². The number of primary sulfonamides is 1. The Morgan fingerprint density at radius 1 is 1.18 bits per heavy atom. The lowest BCUT2D eigenvalue weighted by Crippen LogP contribution is -2.36. The van der Waals surface area contributed by atoms with Crippen LogP contribution in [0.3, 0.4) is 0 Å². The lowest BCUT2D eigenvalue weighted by atomic mass is 10.1. The van der Waals surface area contributed by atoms with E-state index in [4.69, 9.17) is 5.14 Å². The van der Waals surface area contributed by atoms with Gasteiger partial charge in [0.15, 0.2) is 9.84 Å². The van der Waals surface area contributed by atoms with Crippen molar-refractivity contribution in [2.75, 3.05) is 0 Å². The minimum atomic E-state index is -3.84. The van der Waals surface area contributed by atoms with Gasteiger partial charge in [0.25, 0.3) is 0 Å². The molecule has 17 heavy (non-hydrogen) atoms. The third kappa shape index (κ3) is 1.90. The first-order valence-electron chi connectivity index (χ1n) is 4.74. The van der Waals surface area contributed by atoms with Gasteiger partial charge in [-0.1, -0.05) is 18.2 Å². The van der Waals surface area contributed by atoms with Crippen LogP contribution in [0.1, 0.15) is 6.92 Å². The molecule has 1 unspecified atom stereocenters. The number of hydrogen-bond acceptors (Lipinski definition) is 4. The Hall–Kier alpha value is -1.18. The van der Waals surface area contributed by atoms with Crippen LogP contribution in [0.5, 0.6) is 0 Å². The zero-order chi connectivity index (χ0) is 12.9. The summed E-state index contributed by atoms with van der Waals surface area (Å²) < 4.78 is 44.7. The van der Waals surface area contributed by atoms with E-state index in [1.165, 1.54) is 37.3 Å². The van der Waals surface area contributed by atoms with Gasteiger partial charge in [-0.25, -0.2) is 22.0 Å². The van der Waals surface area contributed by atoms with Crippen molar-refractivity contribution >= 4 is 19.9 Å². The van der Waals surface area contributed by atoms with Crippen LogP contribution >= 0.6 is 0 Å². The quantitative estimate of drug-likeness (QED) is 0.746. The minimum absolute atomic E-state index is 0.0983. The molecule has 5 nitrogen and oxygen atoms in total. The maximum atomic E-state index is 11.6. The van der Waals surface area contributed by atoms with Crippen molar-refractivity contribution in [3.05, 3.63) is 46.3 Å². The molecule has 2 aliphatic rings. The van der Waals surface area contributed by atoms with Gasteiger partial charge in [-0.15, -0.1) is 0 Å². The number of rotatable bonds is 1. The summed E-state index contributed by atoms with van der Waals surface area (Å²) in [4.78, 5) is 0.0983. The van der Waals surface area contributed by atoms with Gasteiger partial charge in [-0.3, -0.25) is 0 Å². The van der Waals surface area contributed by atoms with Gasteiger partial charge in [0, 0.05) is 5.41 Å². The fraction of sp³-hybridized carbons (Fsp3) is 0.200. The zero-order valence-corrected chi connectivity index (χ0v) is 10.6. The maximum absolute atomic E-state index is 11.6. The van der Waals surface area contributed by atoms with Gasteiger partial charge in [0.2, 0.25) is 10.0 Å². The average Bonchev–Trinajstić information content (AvgIpc) is 2.36. The first kappa shape index (κ1) is 12.3. The fourth-order valence-corrected chi connectivity index (χ4v) is 3.26. The van der Waals surface area contributed by atoms with Crippen molar-refractivity contribution in [3.63, 3.8) is 0 Å². The molecule has 0 saturated carbocycles. The van der Waals surface area contributed by atoms with E-state index >= 15 is 0 Å². The lowest BCUT2D eigenvalue weighted by molar-refractivity contribution is 0.582. The molecule has 2 N–H and O–H groups in total. The van der Waals surface area contributed by atoms with Crippen LogP contribution in [0.15, 0.2) is 46.3 Å². The van der Waals surface area contributed by atoms with Crippen LogP contribution in [0, 0.1) is 0 Å². The second-order valence-corrected chi connectivity index (χ2v) is 7.83. The van der Waals surface area contributed by atoms with Crippen molar-refractivity contribution < 1.29 is 16.8 Å².